The number of benzene rings is 2. The van der Waals surface area contributed by atoms with Crippen molar-refractivity contribution in [3.63, 3.8) is 0 Å². The highest BCUT2D eigenvalue weighted by Crippen LogP contribution is 2.25. The number of hydrogen-bond donors (Lipinski definition) is 0. The molecule has 0 fully saturated rings. The van der Waals surface area contributed by atoms with E-state index in [-0.39, 0.29) is 18.4 Å². The average Bonchev–Trinajstić information content (AvgIpc) is 3.27. The van der Waals surface area contributed by atoms with Crippen molar-refractivity contribution in [3.8, 4) is 0 Å². The van der Waals surface area contributed by atoms with E-state index in [1.807, 2.05) is 58.0 Å². The molecular weight excluding hydrogens is 494 g/mol. The van der Waals surface area contributed by atoms with E-state index in [0.717, 1.165) is 28.7 Å². The maximum absolute atomic E-state index is 14.0. The summed E-state index contributed by atoms with van der Waals surface area (Å²) in [5.74, 6) is 1.23. The molecular formula is C29H33N7O3. The number of para-hydroxylation sites is 3. The van der Waals surface area contributed by atoms with E-state index in [1.54, 1.807) is 37.4 Å². The zero-order valence-corrected chi connectivity index (χ0v) is 22.4. The zero-order valence-electron chi connectivity index (χ0n) is 22.4. The lowest BCUT2D eigenvalue weighted by atomic mass is 10.1. The smallest absolute Gasteiger partial charge is 0.242 e. The van der Waals surface area contributed by atoms with Gasteiger partial charge in [0.05, 0.1) is 11.0 Å². The topological polar surface area (TPSA) is 96.7 Å². The molecule has 0 saturated heterocycles. The molecule has 0 bridgehead atoms. The lowest BCUT2D eigenvalue weighted by Gasteiger charge is -2.28. The molecule has 10 heteroatoms. The number of nitrogens with zero attached hydrogens (tertiary/aromatic N) is 7. The number of rotatable bonds is 5. The van der Waals surface area contributed by atoms with Crippen LogP contribution in [0.15, 0.2) is 67.0 Å². The summed E-state index contributed by atoms with van der Waals surface area (Å²) in [4.78, 5) is 46.0. The minimum absolute atomic E-state index is 0.0313. The Morgan fingerprint density at radius 2 is 1.69 bits per heavy atom. The van der Waals surface area contributed by atoms with E-state index in [4.69, 9.17) is 4.74 Å². The molecule has 1 aliphatic rings. The second-order valence-corrected chi connectivity index (χ2v) is 9.54. The molecule has 0 unspecified atom stereocenters. The Hall–Kier alpha value is -4.31. The Morgan fingerprint density at radius 3 is 2.49 bits per heavy atom. The molecule has 0 radical (unpaired) electrons. The van der Waals surface area contributed by atoms with Crippen LogP contribution in [0, 0.1) is 0 Å². The normalized spacial score (nSPS) is 14.7. The van der Waals surface area contributed by atoms with Gasteiger partial charge in [-0.05, 0) is 36.2 Å². The Morgan fingerprint density at radius 1 is 0.923 bits per heavy atom. The van der Waals surface area contributed by atoms with Crippen molar-refractivity contribution < 1.29 is 14.3 Å². The van der Waals surface area contributed by atoms with Gasteiger partial charge in [0.1, 0.15) is 19.0 Å². The number of methoxy groups -OCH3 is 1. The number of carbonyl (C=O) groups excluding carboxylic acids is 2. The highest BCUT2D eigenvalue weighted by Gasteiger charge is 2.24. The average molecular weight is 528 g/mol. The number of amides is 2. The first kappa shape index (κ1) is 26.3. The fraction of sp³-hybridized carbons (Fsp3) is 0.345. The highest BCUT2D eigenvalue weighted by molar-refractivity contribution is 5.92. The second-order valence-electron chi connectivity index (χ2n) is 9.54. The molecule has 3 heterocycles. The van der Waals surface area contributed by atoms with Crippen LogP contribution in [0.4, 0.5) is 11.6 Å². The largest absolute Gasteiger partial charge is 0.377 e. The van der Waals surface area contributed by atoms with Crippen LogP contribution >= 0.6 is 0 Å². The van der Waals surface area contributed by atoms with Gasteiger partial charge in [-0.3, -0.25) is 9.59 Å². The van der Waals surface area contributed by atoms with E-state index in [9.17, 15) is 9.59 Å². The molecule has 2 aromatic heterocycles. The van der Waals surface area contributed by atoms with Gasteiger partial charge in [-0.2, -0.15) is 0 Å². The summed E-state index contributed by atoms with van der Waals surface area (Å²) in [6.45, 7) is 4.63. The van der Waals surface area contributed by atoms with Crippen LogP contribution in [0.25, 0.3) is 11.0 Å². The molecule has 5 rings (SSSR count). The van der Waals surface area contributed by atoms with E-state index >= 15 is 0 Å². The third-order valence-electron chi connectivity index (χ3n) is 6.96. The Balaban J connectivity index is 1.50. The van der Waals surface area contributed by atoms with Gasteiger partial charge in [-0.15, -0.1) is 0 Å². The molecule has 0 aliphatic carbocycles. The monoisotopic (exact) mass is 527 g/mol. The molecule has 1 aliphatic heterocycles. The summed E-state index contributed by atoms with van der Waals surface area (Å²) in [7, 11) is 1.62. The third kappa shape index (κ3) is 5.91. The van der Waals surface area contributed by atoms with Gasteiger partial charge in [-0.1, -0.05) is 30.3 Å². The molecule has 202 valence electrons. The number of aromatic nitrogens is 4. The van der Waals surface area contributed by atoms with Gasteiger partial charge in [0.2, 0.25) is 17.8 Å². The number of anilines is 2. The Labute approximate surface area is 227 Å². The SMILES string of the molecule is COCc1nc2ccccc2n1CC(=O)N1CCN(c2ncccn2)CCCN(C(C)=O)c2ccccc2C1. The number of carbonyl (C=O) groups is 2. The van der Waals surface area contributed by atoms with Crippen LogP contribution in [0.1, 0.15) is 24.7 Å². The van der Waals surface area contributed by atoms with Crippen molar-refractivity contribution in [2.24, 2.45) is 0 Å². The predicted octanol–water partition coefficient (Wildman–Crippen LogP) is 3.26. The van der Waals surface area contributed by atoms with Gasteiger partial charge in [0.25, 0.3) is 0 Å². The number of hydrogen-bond acceptors (Lipinski definition) is 7. The van der Waals surface area contributed by atoms with Gasteiger partial charge in [0.15, 0.2) is 0 Å². The van der Waals surface area contributed by atoms with E-state index < -0.39 is 0 Å². The molecule has 39 heavy (non-hydrogen) atoms. The molecule has 0 atom stereocenters. The van der Waals surface area contributed by atoms with Crippen molar-refractivity contribution in [1.29, 1.82) is 0 Å². The summed E-state index contributed by atoms with van der Waals surface area (Å²) in [5.41, 5.74) is 3.47. The van der Waals surface area contributed by atoms with Crippen LogP contribution in [0.2, 0.25) is 0 Å². The van der Waals surface area contributed by atoms with Crippen LogP contribution < -0.4 is 9.80 Å². The maximum atomic E-state index is 14.0. The molecule has 4 aromatic rings. The fourth-order valence-corrected chi connectivity index (χ4v) is 5.06. The lowest BCUT2D eigenvalue weighted by Crippen LogP contribution is -2.40. The first-order valence-corrected chi connectivity index (χ1v) is 13.1. The quantitative estimate of drug-likeness (QED) is 0.393. The fourth-order valence-electron chi connectivity index (χ4n) is 5.06. The summed E-state index contributed by atoms with van der Waals surface area (Å²) < 4.78 is 7.31. The highest BCUT2D eigenvalue weighted by atomic mass is 16.5. The zero-order chi connectivity index (χ0) is 27.2. The minimum atomic E-state index is -0.0483. The summed E-state index contributed by atoms with van der Waals surface area (Å²) in [5, 5.41) is 0. The number of ether oxygens (including phenoxy) is 1. The molecule has 2 aromatic carbocycles. The molecule has 0 N–H and O–H groups in total. The van der Waals surface area contributed by atoms with Gasteiger partial charge < -0.3 is 24.0 Å². The first-order chi connectivity index (χ1) is 19.0. The summed E-state index contributed by atoms with van der Waals surface area (Å²) in [6, 6.07) is 17.4. The van der Waals surface area contributed by atoms with Crippen molar-refractivity contribution in [2.45, 2.75) is 33.0 Å². The summed E-state index contributed by atoms with van der Waals surface area (Å²) >= 11 is 0. The van der Waals surface area contributed by atoms with Crippen molar-refractivity contribution in [3.05, 3.63) is 78.4 Å². The molecule has 0 saturated carbocycles. The number of imidazole rings is 1. The first-order valence-electron chi connectivity index (χ1n) is 13.1. The van der Waals surface area contributed by atoms with Gasteiger partial charge in [0, 0.05) is 64.8 Å². The second kappa shape index (κ2) is 12.0. The predicted molar refractivity (Wildman–Crippen MR) is 149 cm³/mol. The number of fused-ring (bicyclic) bond motifs is 2. The van der Waals surface area contributed by atoms with Crippen LogP contribution in [0.3, 0.4) is 0 Å². The van der Waals surface area contributed by atoms with Crippen molar-refractivity contribution in [2.75, 3.05) is 43.1 Å². The van der Waals surface area contributed by atoms with E-state index in [0.29, 0.717) is 51.1 Å². The molecule has 0 spiro atoms. The standard InChI is InChI=1S/C29H33N7O3/c1-22(37)35-16-8-15-33(29-30-13-7-14-31-29)17-18-34(19-23-9-3-5-11-25(23)35)28(38)20-36-26-12-6-4-10-24(26)32-27(36)21-39-2/h3-7,9-14H,8,15-21H2,1-2H3. The van der Waals surface area contributed by atoms with Crippen LogP contribution in [-0.4, -0.2) is 69.5 Å². The molecule has 2 amide bonds. The van der Waals surface area contributed by atoms with Crippen molar-refractivity contribution in [1.82, 2.24) is 24.4 Å². The van der Waals surface area contributed by atoms with Gasteiger partial charge >= 0.3 is 0 Å². The van der Waals surface area contributed by atoms with E-state index in [2.05, 4.69) is 19.9 Å². The van der Waals surface area contributed by atoms with Crippen LogP contribution in [-0.2, 0) is 34.0 Å². The minimum Gasteiger partial charge on any atom is -0.377 e. The third-order valence-corrected chi connectivity index (χ3v) is 6.96. The Kier molecular flexibility index (Phi) is 8.12. The van der Waals surface area contributed by atoms with Crippen molar-refractivity contribution >= 4 is 34.5 Å². The molecule has 10 nitrogen and oxygen atoms in total. The maximum Gasteiger partial charge on any atom is 0.242 e. The lowest BCUT2D eigenvalue weighted by molar-refractivity contribution is -0.132. The Bertz CT molecular complexity index is 1440. The van der Waals surface area contributed by atoms with Gasteiger partial charge in [-0.25, -0.2) is 15.0 Å². The van der Waals surface area contributed by atoms with Crippen LogP contribution in [0.5, 0.6) is 0 Å². The summed E-state index contributed by atoms with van der Waals surface area (Å²) in [6.07, 6.45) is 4.17. The van der Waals surface area contributed by atoms with E-state index in [1.165, 1.54) is 0 Å².